The summed E-state index contributed by atoms with van der Waals surface area (Å²) in [6.07, 6.45) is 5.90. The van der Waals surface area contributed by atoms with Gasteiger partial charge in [-0.05, 0) is 61.9 Å². The summed E-state index contributed by atoms with van der Waals surface area (Å²) in [6, 6.07) is 23.6. The molecule has 5 heteroatoms. The fraction of sp³-hybridized carbons (Fsp3) is 0.394. The minimum Gasteiger partial charge on any atom is -0.483 e. The van der Waals surface area contributed by atoms with Crippen molar-refractivity contribution in [3.63, 3.8) is 0 Å². The first kappa shape index (κ1) is 27.4. The van der Waals surface area contributed by atoms with Crippen molar-refractivity contribution in [2.75, 3.05) is 6.61 Å². The summed E-state index contributed by atoms with van der Waals surface area (Å²) < 4.78 is 6.03. The molecular formula is C33H40N2O3. The van der Waals surface area contributed by atoms with E-state index in [-0.39, 0.29) is 24.5 Å². The van der Waals surface area contributed by atoms with Crippen LogP contribution in [0.2, 0.25) is 0 Å². The summed E-state index contributed by atoms with van der Waals surface area (Å²) in [5, 5.41) is 3.29. The molecule has 0 unspecified atom stereocenters. The fourth-order valence-electron chi connectivity index (χ4n) is 5.19. The third-order valence-corrected chi connectivity index (χ3v) is 7.35. The molecule has 1 saturated carbocycles. The molecule has 1 fully saturated rings. The first-order valence-corrected chi connectivity index (χ1v) is 13.8. The van der Waals surface area contributed by atoms with Crippen molar-refractivity contribution in [1.29, 1.82) is 0 Å². The molecule has 0 spiro atoms. The number of carbonyl (C=O) groups excluding carboxylic acids is 2. The van der Waals surface area contributed by atoms with Crippen LogP contribution in [0.3, 0.4) is 0 Å². The van der Waals surface area contributed by atoms with Gasteiger partial charge in [0.25, 0.3) is 5.91 Å². The van der Waals surface area contributed by atoms with Crippen molar-refractivity contribution < 1.29 is 14.3 Å². The van der Waals surface area contributed by atoms with Gasteiger partial charge >= 0.3 is 0 Å². The molecule has 2 amide bonds. The number of ether oxygens (including phenoxy) is 1. The lowest BCUT2D eigenvalue weighted by atomic mass is 9.94. The molecule has 200 valence electrons. The maximum absolute atomic E-state index is 13.9. The number of amides is 2. The Morgan fingerprint density at radius 1 is 0.868 bits per heavy atom. The van der Waals surface area contributed by atoms with Gasteiger partial charge in [0, 0.05) is 19.0 Å². The molecule has 38 heavy (non-hydrogen) atoms. The summed E-state index contributed by atoms with van der Waals surface area (Å²) >= 11 is 0. The Morgan fingerprint density at radius 3 is 2.32 bits per heavy atom. The molecule has 1 aliphatic rings. The van der Waals surface area contributed by atoms with Crippen LogP contribution < -0.4 is 10.1 Å². The van der Waals surface area contributed by atoms with Crippen LogP contribution >= 0.6 is 0 Å². The summed E-state index contributed by atoms with van der Waals surface area (Å²) in [5.74, 6) is 0.403. The minimum absolute atomic E-state index is 0.0894. The monoisotopic (exact) mass is 512 g/mol. The number of carbonyl (C=O) groups is 2. The van der Waals surface area contributed by atoms with E-state index < -0.39 is 6.04 Å². The van der Waals surface area contributed by atoms with E-state index in [2.05, 4.69) is 11.4 Å². The normalized spacial score (nSPS) is 14.5. The maximum atomic E-state index is 13.9. The lowest BCUT2D eigenvalue weighted by Crippen LogP contribution is -2.53. The third kappa shape index (κ3) is 7.70. The van der Waals surface area contributed by atoms with E-state index in [1.165, 1.54) is 6.42 Å². The second-order valence-corrected chi connectivity index (χ2v) is 10.6. The topological polar surface area (TPSA) is 58.6 Å². The smallest absolute Gasteiger partial charge is 0.261 e. The van der Waals surface area contributed by atoms with Gasteiger partial charge in [0.15, 0.2) is 6.61 Å². The average Bonchev–Trinajstić information content (AvgIpc) is 2.92. The van der Waals surface area contributed by atoms with Crippen LogP contribution in [0.25, 0.3) is 0 Å². The largest absolute Gasteiger partial charge is 0.483 e. The summed E-state index contributed by atoms with van der Waals surface area (Å²) in [5.41, 5.74) is 5.18. The highest BCUT2D eigenvalue weighted by Crippen LogP contribution is 2.22. The van der Waals surface area contributed by atoms with Crippen molar-refractivity contribution in [3.05, 3.63) is 101 Å². The van der Waals surface area contributed by atoms with Crippen LogP contribution in [0.1, 0.15) is 59.9 Å². The van der Waals surface area contributed by atoms with Crippen LogP contribution in [0.15, 0.2) is 72.8 Å². The van der Waals surface area contributed by atoms with E-state index in [9.17, 15) is 9.59 Å². The van der Waals surface area contributed by atoms with Crippen molar-refractivity contribution in [1.82, 2.24) is 10.2 Å². The molecule has 5 nitrogen and oxygen atoms in total. The highest BCUT2D eigenvalue weighted by molar-refractivity contribution is 5.88. The van der Waals surface area contributed by atoms with Gasteiger partial charge in [0.2, 0.25) is 5.91 Å². The van der Waals surface area contributed by atoms with Gasteiger partial charge in [-0.2, -0.15) is 0 Å². The molecule has 0 radical (unpaired) electrons. The van der Waals surface area contributed by atoms with Gasteiger partial charge in [-0.3, -0.25) is 9.59 Å². The zero-order chi connectivity index (χ0) is 26.9. The number of hydrogen-bond donors (Lipinski definition) is 1. The van der Waals surface area contributed by atoms with Crippen LogP contribution in [0.4, 0.5) is 0 Å². The Kier molecular flexibility index (Phi) is 9.58. The minimum atomic E-state index is -0.644. The maximum Gasteiger partial charge on any atom is 0.261 e. The van der Waals surface area contributed by atoms with E-state index in [0.29, 0.717) is 18.7 Å². The van der Waals surface area contributed by atoms with Gasteiger partial charge in [-0.25, -0.2) is 0 Å². The van der Waals surface area contributed by atoms with Gasteiger partial charge in [-0.15, -0.1) is 0 Å². The Labute approximate surface area is 227 Å². The van der Waals surface area contributed by atoms with Crippen molar-refractivity contribution in [2.24, 2.45) is 0 Å². The van der Waals surface area contributed by atoms with Crippen LogP contribution in [-0.4, -0.2) is 35.4 Å². The number of rotatable bonds is 10. The van der Waals surface area contributed by atoms with E-state index in [1.54, 1.807) is 4.90 Å². The molecule has 1 aliphatic carbocycles. The average molecular weight is 513 g/mol. The Bertz CT molecular complexity index is 1220. The molecule has 0 aromatic heterocycles. The molecule has 3 aromatic carbocycles. The van der Waals surface area contributed by atoms with Crippen molar-refractivity contribution in [3.8, 4) is 5.75 Å². The van der Waals surface area contributed by atoms with E-state index in [0.717, 1.165) is 53.5 Å². The summed E-state index contributed by atoms with van der Waals surface area (Å²) in [4.78, 5) is 29.4. The van der Waals surface area contributed by atoms with Crippen LogP contribution in [0, 0.1) is 20.8 Å². The molecule has 0 saturated heterocycles. The highest BCUT2D eigenvalue weighted by atomic mass is 16.5. The van der Waals surface area contributed by atoms with Gasteiger partial charge in [-0.1, -0.05) is 91.6 Å². The molecule has 0 heterocycles. The Morgan fingerprint density at radius 2 is 1.58 bits per heavy atom. The molecule has 0 bridgehead atoms. The predicted molar refractivity (Wildman–Crippen MR) is 152 cm³/mol. The van der Waals surface area contributed by atoms with Crippen molar-refractivity contribution in [2.45, 2.75) is 77.9 Å². The number of nitrogens with one attached hydrogen (secondary N) is 1. The van der Waals surface area contributed by atoms with Gasteiger partial charge in [0.05, 0.1) is 0 Å². The lowest BCUT2D eigenvalue weighted by Gasteiger charge is -2.33. The number of benzene rings is 3. The molecular weight excluding hydrogens is 472 g/mol. The van der Waals surface area contributed by atoms with Crippen molar-refractivity contribution >= 4 is 11.8 Å². The second-order valence-electron chi connectivity index (χ2n) is 10.6. The zero-order valence-corrected chi connectivity index (χ0v) is 22.9. The molecule has 0 aliphatic heterocycles. The third-order valence-electron chi connectivity index (χ3n) is 7.35. The molecule has 3 aromatic rings. The summed E-state index contributed by atoms with van der Waals surface area (Å²) in [7, 11) is 0. The molecule has 4 rings (SSSR count). The SMILES string of the molecule is Cc1cccc(CN(C(=O)COc2cc(C)ccc2C)[C@H](Cc2ccccc2)C(=O)NC2CCCCC2)c1. The fourth-order valence-corrected chi connectivity index (χ4v) is 5.19. The predicted octanol–water partition coefficient (Wildman–Crippen LogP) is 6.08. The molecule has 1 atom stereocenters. The van der Waals surface area contributed by atoms with E-state index in [4.69, 9.17) is 4.74 Å². The lowest BCUT2D eigenvalue weighted by molar-refractivity contribution is -0.143. The quantitative estimate of drug-likeness (QED) is 0.358. The highest BCUT2D eigenvalue weighted by Gasteiger charge is 2.32. The Hall–Kier alpha value is -3.60. The van der Waals surface area contributed by atoms with E-state index >= 15 is 0 Å². The number of aryl methyl sites for hydroxylation is 3. The van der Waals surface area contributed by atoms with Gasteiger partial charge < -0.3 is 15.0 Å². The van der Waals surface area contributed by atoms with Crippen LogP contribution in [0.5, 0.6) is 5.75 Å². The first-order chi connectivity index (χ1) is 18.4. The zero-order valence-electron chi connectivity index (χ0n) is 22.9. The van der Waals surface area contributed by atoms with Crippen LogP contribution in [-0.2, 0) is 22.6 Å². The van der Waals surface area contributed by atoms with E-state index in [1.807, 2.05) is 87.5 Å². The second kappa shape index (κ2) is 13.3. The standard InChI is InChI=1S/C33H40N2O3/c1-24-11-10-14-28(19-24)22-35(32(36)23-38-31-20-25(2)17-18-26(31)3)30(21-27-12-6-4-7-13-27)33(37)34-29-15-8-5-9-16-29/h4,6-7,10-14,17-20,29-30H,5,8-9,15-16,21-23H2,1-3H3,(H,34,37)/t30-/m1/s1. The number of nitrogens with zero attached hydrogens (tertiary/aromatic N) is 1. The first-order valence-electron chi connectivity index (χ1n) is 13.8. The summed E-state index contributed by atoms with van der Waals surface area (Å²) in [6.45, 7) is 6.23. The molecule has 1 N–H and O–H groups in total. The Balaban J connectivity index is 1.62. The van der Waals surface area contributed by atoms with Gasteiger partial charge in [0.1, 0.15) is 11.8 Å². The number of hydrogen-bond acceptors (Lipinski definition) is 3.